The van der Waals surface area contributed by atoms with Gasteiger partial charge >= 0.3 is 0 Å². The van der Waals surface area contributed by atoms with Crippen LogP contribution in [0, 0.1) is 35.5 Å². The van der Waals surface area contributed by atoms with Gasteiger partial charge in [-0.05, 0) is 129 Å². The molecule has 0 aliphatic carbocycles. The van der Waals surface area contributed by atoms with Gasteiger partial charge in [0.05, 0.1) is 17.6 Å². The Balaban J connectivity index is 4.69. The molecule has 0 saturated carbocycles. The van der Waals surface area contributed by atoms with Crippen molar-refractivity contribution >= 4 is 88.5 Å². The van der Waals surface area contributed by atoms with E-state index in [1.807, 2.05) is 86.7 Å². The lowest BCUT2D eigenvalue weighted by molar-refractivity contribution is -0.157. The first-order valence-electron chi connectivity index (χ1n) is 35.1. The monoisotopic (exact) mass is 1420 g/mol. The van der Waals surface area contributed by atoms with Crippen molar-refractivity contribution in [2.45, 2.75) is 247 Å². The number of aliphatic hydroxyl groups excluding tert-OH is 1. The fourth-order valence-electron chi connectivity index (χ4n) is 12.0. The molecule has 98 heavy (non-hydrogen) atoms. The SMILES string of the molecule is C/C=C/C[C@@H](C)[C@@H](O)[C@H]1C(=O)N[C@@H](CCC)C(=O)N(C)[C@H](CSCCN(C)C)C(=O)N(C)[C@@H](CC(C)(C)OCSC)C(=O)N[C@@H](C(C)C)C(=O)N(C)[C@@H](CCC(C)C)C(=O)N[C@@H](C)C(=O)N[C@H](C)C(=O)N(C)[C@@H](CC(C)C)C(=O)N(C)[C@@H](CC(C)C)C(=O)N(C)[C@@H](C(C)C)C(=O)N1C. The highest BCUT2D eigenvalue weighted by molar-refractivity contribution is 7.99. The molecule has 0 unspecified atom stereocenters. The minimum atomic E-state index is -1.65. The standard InChI is InChI=1S/C71H130N12O13S2/c1-28-30-32-47(13)59(84)58-63(88)74-50(31-29-2)65(90)81(24)55(40-98-36-35-76(18)19)68(93)80(23)54(39-71(16,17)96-41-97-27)62(87)75-56(45(9)10)69(94)77(20)51(34-33-42(3)4)61(86)72-48(14)60(85)73-49(15)64(89)78(21)52(37-43(5)6)66(91)79(22)53(38-44(7)8)67(92)82(25)57(46(11)12)70(95)83(58)26/h28,30,42-59,84H,29,31-41H2,1-27H3,(H,72,86)(H,73,85)(H,74,88)(H,75,87)/b30-28+/t47-,48+,49-,50+,51+,52+,53+,54+,55-,56+,57+,58+,59-/m1/s1. The smallest absolute Gasteiger partial charge is 0.246 e. The Morgan fingerprint density at radius 2 is 1.03 bits per heavy atom. The maximum absolute atomic E-state index is 15.6. The van der Waals surface area contributed by atoms with E-state index in [4.69, 9.17) is 4.74 Å². The first-order valence-corrected chi connectivity index (χ1v) is 37.7. The number of nitrogens with one attached hydrogen (secondary N) is 4. The summed E-state index contributed by atoms with van der Waals surface area (Å²) in [4.78, 5) is 177. The molecule has 25 nitrogen and oxygen atoms in total. The van der Waals surface area contributed by atoms with Crippen molar-refractivity contribution in [3.8, 4) is 0 Å². The van der Waals surface area contributed by atoms with Crippen LogP contribution in [0.2, 0.25) is 0 Å². The summed E-state index contributed by atoms with van der Waals surface area (Å²) in [6.45, 7) is 30.8. The number of nitrogens with zero attached hydrogens (tertiary/aromatic N) is 8. The van der Waals surface area contributed by atoms with Gasteiger partial charge in [-0.3, -0.25) is 52.7 Å². The number of ether oxygens (including phenoxy) is 1. The molecule has 0 aromatic rings. The molecule has 13 atom stereocenters. The van der Waals surface area contributed by atoms with E-state index in [1.54, 1.807) is 54.5 Å². The van der Waals surface area contributed by atoms with Crippen LogP contribution < -0.4 is 21.3 Å². The van der Waals surface area contributed by atoms with E-state index in [-0.39, 0.29) is 61.5 Å². The number of likely N-dealkylation sites (N-methyl/N-ethyl adjacent to an activating group) is 7. The van der Waals surface area contributed by atoms with Crippen molar-refractivity contribution in [3.63, 3.8) is 0 Å². The van der Waals surface area contributed by atoms with Crippen LogP contribution in [0.1, 0.15) is 169 Å². The van der Waals surface area contributed by atoms with Crippen LogP contribution in [0.25, 0.3) is 0 Å². The van der Waals surface area contributed by atoms with E-state index in [0.29, 0.717) is 31.6 Å². The number of hydrogen-bond donors (Lipinski definition) is 5. The summed E-state index contributed by atoms with van der Waals surface area (Å²) < 4.78 is 6.26. The molecule has 0 spiro atoms. The first-order chi connectivity index (χ1) is 45.4. The number of rotatable bonds is 25. The number of thioether (sulfide) groups is 2. The minimum Gasteiger partial charge on any atom is -0.390 e. The summed E-state index contributed by atoms with van der Waals surface area (Å²) in [6.07, 6.45) is 5.49. The van der Waals surface area contributed by atoms with Crippen molar-refractivity contribution in [2.24, 2.45) is 35.5 Å². The van der Waals surface area contributed by atoms with Gasteiger partial charge in [0.2, 0.25) is 65.0 Å². The second kappa shape index (κ2) is 42.7. The average Bonchev–Trinajstić information content (AvgIpc) is 0.807. The predicted octanol–water partition coefficient (Wildman–Crippen LogP) is 5.17. The highest BCUT2D eigenvalue weighted by Gasteiger charge is 2.47. The maximum Gasteiger partial charge on any atom is 0.246 e. The summed E-state index contributed by atoms with van der Waals surface area (Å²) in [5.74, 6) is -8.78. The largest absolute Gasteiger partial charge is 0.390 e. The molecule has 1 heterocycles. The zero-order valence-corrected chi connectivity index (χ0v) is 66.4. The van der Waals surface area contributed by atoms with E-state index < -0.39 is 161 Å². The maximum atomic E-state index is 15.6. The average molecular weight is 1420 g/mol. The van der Waals surface area contributed by atoms with Crippen molar-refractivity contribution in [3.05, 3.63) is 12.2 Å². The third-order valence-electron chi connectivity index (χ3n) is 18.4. The highest BCUT2D eigenvalue weighted by Crippen LogP contribution is 2.28. The highest BCUT2D eigenvalue weighted by atomic mass is 32.2. The van der Waals surface area contributed by atoms with Crippen LogP contribution in [0.15, 0.2) is 12.2 Å². The zero-order valence-electron chi connectivity index (χ0n) is 64.8. The number of aliphatic hydroxyl groups is 1. The van der Waals surface area contributed by atoms with Crippen LogP contribution >= 0.6 is 23.5 Å². The van der Waals surface area contributed by atoms with Gasteiger partial charge in [-0.1, -0.05) is 102 Å². The summed E-state index contributed by atoms with van der Waals surface area (Å²) in [5, 5.41) is 23.7. The van der Waals surface area contributed by atoms with Crippen molar-refractivity contribution < 1.29 is 62.6 Å². The van der Waals surface area contributed by atoms with Crippen LogP contribution in [0.4, 0.5) is 0 Å². The molecular formula is C71H130N12O13S2. The molecule has 5 N–H and O–H groups in total. The van der Waals surface area contributed by atoms with Gasteiger partial charge in [0, 0.05) is 73.8 Å². The van der Waals surface area contributed by atoms with Gasteiger partial charge in [-0.15, -0.1) is 11.8 Å². The third kappa shape index (κ3) is 27.1. The van der Waals surface area contributed by atoms with E-state index in [9.17, 15) is 19.5 Å². The van der Waals surface area contributed by atoms with E-state index >= 15 is 38.4 Å². The molecule has 564 valence electrons. The van der Waals surface area contributed by atoms with Crippen molar-refractivity contribution in [1.29, 1.82) is 0 Å². The molecule has 1 aliphatic heterocycles. The number of amides is 11. The van der Waals surface area contributed by atoms with Crippen molar-refractivity contribution in [2.75, 3.05) is 93.7 Å². The Morgan fingerprint density at radius 1 is 0.551 bits per heavy atom. The van der Waals surface area contributed by atoms with Gasteiger partial charge < -0.3 is 70.3 Å². The first kappa shape index (κ1) is 90.5. The predicted molar refractivity (Wildman–Crippen MR) is 391 cm³/mol. The molecule has 1 saturated heterocycles. The quantitative estimate of drug-likeness (QED) is 0.0448. The van der Waals surface area contributed by atoms with Gasteiger partial charge in [0.25, 0.3) is 0 Å². The molecule has 1 aliphatic rings. The molecule has 1 rings (SSSR count). The Bertz CT molecular complexity index is 2640. The number of carbonyl (C=O) groups is 11. The van der Waals surface area contributed by atoms with Crippen molar-refractivity contribution in [1.82, 2.24) is 60.5 Å². The molecule has 0 bridgehead atoms. The molecule has 27 heteroatoms. The van der Waals surface area contributed by atoms with Gasteiger partial charge in [0.1, 0.15) is 66.5 Å². The minimum absolute atomic E-state index is 0.0450. The van der Waals surface area contributed by atoms with Gasteiger partial charge in [0.15, 0.2) is 0 Å². The fourth-order valence-corrected chi connectivity index (χ4v) is 13.7. The molecule has 11 amide bonds. The molecular weight excluding hydrogens is 1290 g/mol. The lowest BCUT2D eigenvalue weighted by Gasteiger charge is -2.42. The lowest BCUT2D eigenvalue weighted by Crippen LogP contribution is -2.64. The van der Waals surface area contributed by atoms with Crippen LogP contribution in [-0.2, 0) is 57.5 Å². The Morgan fingerprint density at radius 3 is 1.52 bits per heavy atom. The number of allylic oxidation sites excluding steroid dienone is 2. The van der Waals surface area contributed by atoms with E-state index in [0.717, 1.165) is 4.90 Å². The summed E-state index contributed by atoms with van der Waals surface area (Å²) in [6, 6.07) is -14.1. The van der Waals surface area contributed by atoms with Gasteiger partial charge in [-0.2, -0.15) is 11.8 Å². The van der Waals surface area contributed by atoms with E-state index in [2.05, 4.69) is 21.3 Å². The van der Waals surface area contributed by atoms with E-state index in [1.165, 1.54) is 116 Å². The third-order valence-corrected chi connectivity index (χ3v) is 19.8. The van der Waals surface area contributed by atoms with Crippen LogP contribution in [0.5, 0.6) is 0 Å². The second-order valence-corrected chi connectivity index (χ2v) is 31.8. The summed E-state index contributed by atoms with van der Waals surface area (Å²) in [5.41, 5.74) is -1.05. The lowest BCUT2D eigenvalue weighted by atomic mass is 9.91. The fraction of sp³-hybridized carbons (Fsp3) is 0.817. The Labute approximate surface area is 597 Å². The second-order valence-electron chi connectivity index (χ2n) is 29.8. The van der Waals surface area contributed by atoms with Crippen LogP contribution in [-0.4, -0.2) is 281 Å². The molecule has 0 radical (unpaired) electrons. The van der Waals surface area contributed by atoms with Crippen LogP contribution in [0.3, 0.4) is 0 Å². The summed E-state index contributed by atoms with van der Waals surface area (Å²) in [7, 11) is 13.9. The number of hydrogen-bond acceptors (Lipinski definition) is 16. The molecule has 0 aromatic carbocycles. The van der Waals surface area contributed by atoms with Gasteiger partial charge in [-0.25, -0.2) is 0 Å². The Hall–Kier alpha value is -5.51. The number of carbonyl (C=O) groups excluding carboxylic acids is 11. The normalized spacial score (nSPS) is 25.9. The Kier molecular flexibility index (Phi) is 39.4. The molecule has 0 aromatic heterocycles. The zero-order chi connectivity index (χ0) is 75.7. The topological polar surface area (TPSA) is 291 Å². The summed E-state index contributed by atoms with van der Waals surface area (Å²) >= 11 is 2.82. The molecule has 1 fully saturated rings.